The molecule has 0 radical (unpaired) electrons. The molecule has 0 aliphatic carbocycles. The molecule has 1 aromatic heterocycles. The Bertz CT molecular complexity index is 1270. The first kappa shape index (κ1) is 19.9. The summed E-state index contributed by atoms with van der Waals surface area (Å²) in [5, 5.41) is 15.0. The summed E-state index contributed by atoms with van der Waals surface area (Å²) in [6.07, 6.45) is 0. The molecule has 0 bridgehead atoms. The lowest BCUT2D eigenvalue weighted by Crippen LogP contribution is -2.34. The molecule has 0 aliphatic heterocycles. The van der Waals surface area contributed by atoms with Gasteiger partial charge in [-0.2, -0.15) is 4.80 Å². The Morgan fingerprint density at radius 1 is 1.07 bits per heavy atom. The fourth-order valence-corrected chi connectivity index (χ4v) is 3.29. The lowest BCUT2D eigenvalue weighted by Gasteiger charge is -2.12. The zero-order valence-electron chi connectivity index (χ0n) is 15.7. The van der Waals surface area contributed by atoms with Crippen LogP contribution >= 0.6 is 23.8 Å². The first-order valence-corrected chi connectivity index (χ1v) is 9.70. The van der Waals surface area contributed by atoms with Gasteiger partial charge in [-0.1, -0.05) is 23.7 Å². The number of nitrogens with zero attached hydrogens (tertiary/aromatic N) is 3. The predicted molar refractivity (Wildman–Crippen MR) is 119 cm³/mol. The number of aromatic nitrogens is 3. The molecular formula is C21H15ClFN5OS. The molecule has 0 atom stereocenters. The van der Waals surface area contributed by atoms with Crippen molar-refractivity contribution in [2.24, 2.45) is 0 Å². The van der Waals surface area contributed by atoms with Crippen molar-refractivity contribution < 1.29 is 9.18 Å². The number of rotatable bonds is 3. The van der Waals surface area contributed by atoms with E-state index in [2.05, 4.69) is 20.8 Å². The Hall–Kier alpha value is -3.36. The summed E-state index contributed by atoms with van der Waals surface area (Å²) in [4.78, 5) is 13.8. The smallest absolute Gasteiger partial charge is 0.258 e. The number of fused-ring (bicyclic) bond motifs is 1. The fourth-order valence-electron chi connectivity index (χ4n) is 2.86. The number of hydrogen-bond donors (Lipinski definition) is 2. The highest BCUT2D eigenvalue weighted by atomic mass is 35.5. The highest BCUT2D eigenvalue weighted by molar-refractivity contribution is 7.80. The van der Waals surface area contributed by atoms with Gasteiger partial charge in [0.1, 0.15) is 16.9 Å². The van der Waals surface area contributed by atoms with E-state index in [9.17, 15) is 9.18 Å². The molecule has 1 heterocycles. The number of benzene rings is 3. The molecule has 4 aromatic rings. The number of halogens is 2. The highest BCUT2D eigenvalue weighted by Crippen LogP contribution is 2.22. The minimum absolute atomic E-state index is 0.133. The maximum Gasteiger partial charge on any atom is 0.258 e. The standard InChI is InChI=1S/C21H15ClFN5OS/c1-12-10-18-19(27-28(26-18)14-8-6-13(23)7-9-14)11-17(12)24-21(30)25-20(29)15-4-2-3-5-16(15)22/h2-11H,1H3,(H2,24,25,29,30). The van der Waals surface area contributed by atoms with Crippen molar-refractivity contribution in [3.05, 3.63) is 82.6 Å². The zero-order valence-corrected chi connectivity index (χ0v) is 17.3. The quantitative estimate of drug-likeness (QED) is 0.455. The van der Waals surface area contributed by atoms with Crippen LogP contribution in [0, 0.1) is 12.7 Å². The van der Waals surface area contributed by atoms with Gasteiger partial charge in [-0.25, -0.2) is 4.39 Å². The van der Waals surface area contributed by atoms with Crippen molar-refractivity contribution in [3.63, 3.8) is 0 Å². The second-order valence-corrected chi connectivity index (χ2v) is 7.33. The number of aryl methyl sites for hydroxylation is 1. The average molecular weight is 440 g/mol. The number of nitrogens with one attached hydrogen (secondary N) is 2. The summed E-state index contributed by atoms with van der Waals surface area (Å²) in [7, 11) is 0. The van der Waals surface area contributed by atoms with E-state index >= 15 is 0 Å². The number of thiocarbonyl (C=S) groups is 1. The number of carbonyl (C=O) groups is 1. The van der Waals surface area contributed by atoms with Crippen LogP contribution in [0.4, 0.5) is 10.1 Å². The van der Waals surface area contributed by atoms with Gasteiger partial charge in [0.2, 0.25) is 0 Å². The molecule has 4 rings (SSSR count). The monoisotopic (exact) mass is 439 g/mol. The van der Waals surface area contributed by atoms with Gasteiger partial charge in [0, 0.05) is 5.69 Å². The van der Waals surface area contributed by atoms with Gasteiger partial charge in [-0.3, -0.25) is 10.1 Å². The number of anilines is 1. The van der Waals surface area contributed by atoms with Crippen molar-refractivity contribution in [2.45, 2.75) is 6.92 Å². The van der Waals surface area contributed by atoms with Gasteiger partial charge >= 0.3 is 0 Å². The summed E-state index contributed by atoms with van der Waals surface area (Å²) < 4.78 is 13.1. The zero-order chi connectivity index (χ0) is 21.3. The van der Waals surface area contributed by atoms with Crippen molar-refractivity contribution in [1.82, 2.24) is 20.3 Å². The average Bonchev–Trinajstić information content (AvgIpc) is 3.11. The first-order chi connectivity index (χ1) is 14.4. The van der Waals surface area contributed by atoms with Gasteiger partial charge < -0.3 is 5.32 Å². The van der Waals surface area contributed by atoms with E-state index in [1.807, 2.05) is 13.0 Å². The van der Waals surface area contributed by atoms with E-state index in [1.54, 1.807) is 42.5 Å². The molecule has 0 spiro atoms. The van der Waals surface area contributed by atoms with E-state index in [0.717, 1.165) is 5.56 Å². The van der Waals surface area contributed by atoms with E-state index in [0.29, 0.717) is 33.0 Å². The molecule has 0 aliphatic rings. The minimum Gasteiger partial charge on any atom is -0.332 e. The largest absolute Gasteiger partial charge is 0.332 e. The lowest BCUT2D eigenvalue weighted by molar-refractivity contribution is 0.0978. The summed E-state index contributed by atoms with van der Waals surface area (Å²) in [6, 6.07) is 16.2. The normalized spacial score (nSPS) is 10.8. The molecule has 0 saturated heterocycles. The lowest BCUT2D eigenvalue weighted by atomic mass is 10.2. The summed E-state index contributed by atoms with van der Waals surface area (Å²) >= 11 is 11.3. The second-order valence-electron chi connectivity index (χ2n) is 6.51. The Balaban J connectivity index is 1.54. The van der Waals surface area contributed by atoms with Crippen molar-refractivity contribution in [1.29, 1.82) is 0 Å². The molecule has 0 fully saturated rings. The molecule has 2 N–H and O–H groups in total. The van der Waals surface area contributed by atoms with E-state index in [1.165, 1.54) is 16.9 Å². The van der Waals surface area contributed by atoms with Gasteiger partial charge in [0.15, 0.2) is 5.11 Å². The van der Waals surface area contributed by atoms with Crippen LogP contribution in [0.25, 0.3) is 16.7 Å². The molecule has 1 amide bonds. The predicted octanol–water partition coefficient (Wildman–Crippen LogP) is 4.65. The van der Waals surface area contributed by atoms with Crippen LogP contribution in [0.5, 0.6) is 0 Å². The van der Waals surface area contributed by atoms with Crippen LogP contribution in [0.3, 0.4) is 0 Å². The van der Waals surface area contributed by atoms with Gasteiger partial charge in [0.05, 0.1) is 16.3 Å². The first-order valence-electron chi connectivity index (χ1n) is 8.91. The van der Waals surface area contributed by atoms with Gasteiger partial charge in [-0.15, -0.1) is 10.2 Å². The van der Waals surface area contributed by atoms with E-state index in [-0.39, 0.29) is 10.9 Å². The van der Waals surface area contributed by atoms with E-state index in [4.69, 9.17) is 23.8 Å². The summed E-state index contributed by atoms with van der Waals surface area (Å²) in [5.74, 6) is -0.732. The topological polar surface area (TPSA) is 71.8 Å². The second kappa shape index (κ2) is 8.17. The SMILES string of the molecule is Cc1cc2nn(-c3ccc(F)cc3)nc2cc1NC(=S)NC(=O)c1ccccc1Cl. The van der Waals surface area contributed by atoms with E-state index < -0.39 is 5.91 Å². The number of carbonyl (C=O) groups excluding carboxylic acids is 1. The Kier molecular flexibility index (Phi) is 5.43. The molecular weight excluding hydrogens is 425 g/mol. The molecule has 30 heavy (non-hydrogen) atoms. The Morgan fingerprint density at radius 2 is 1.73 bits per heavy atom. The number of amides is 1. The molecule has 0 unspecified atom stereocenters. The third-order valence-electron chi connectivity index (χ3n) is 4.38. The minimum atomic E-state index is -0.404. The van der Waals surface area contributed by atoms with Crippen molar-refractivity contribution >= 4 is 51.6 Å². The van der Waals surface area contributed by atoms with Gasteiger partial charge in [-0.05, 0) is 73.2 Å². The molecule has 150 valence electrons. The molecule has 9 heteroatoms. The van der Waals surface area contributed by atoms with Crippen LogP contribution in [0.1, 0.15) is 15.9 Å². The Morgan fingerprint density at radius 3 is 2.43 bits per heavy atom. The molecule has 0 saturated carbocycles. The molecule has 3 aromatic carbocycles. The van der Waals surface area contributed by atoms with Crippen LogP contribution in [-0.2, 0) is 0 Å². The fraction of sp³-hybridized carbons (Fsp3) is 0.0476. The van der Waals surface area contributed by atoms with Gasteiger partial charge in [0.25, 0.3) is 5.91 Å². The van der Waals surface area contributed by atoms with Crippen LogP contribution in [-0.4, -0.2) is 26.0 Å². The van der Waals surface area contributed by atoms with Crippen molar-refractivity contribution in [2.75, 3.05) is 5.32 Å². The maximum absolute atomic E-state index is 13.1. The molecule has 6 nitrogen and oxygen atoms in total. The van der Waals surface area contributed by atoms with Crippen LogP contribution in [0.15, 0.2) is 60.7 Å². The van der Waals surface area contributed by atoms with Crippen LogP contribution in [0.2, 0.25) is 5.02 Å². The summed E-state index contributed by atoms with van der Waals surface area (Å²) in [6.45, 7) is 1.89. The van der Waals surface area contributed by atoms with Crippen LogP contribution < -0.4 is 10.6 Å². The third kappa shape index (κ3) is 4.14. The number of hydrogen-bond acceptors (Lipinski definition) is 4. The Labute approximate surface area is 181 Å². The maximum atomic E-state index is 13.1. The van der Waals surface area contributed by atoms with Crippen molar-refractivity contribution in [3.8, 4) is 5.69 Å². The summed E-state index contributed by atoms with van der Waals surface area (Å²) in [5.41, 5.74) is 3.81. The highest BCUT2D eigenvalue weighted by Gasteiger charge is 2.13. The third-order valence-corrected chi connectivity index (χ3v) is 4.91.